The number of hydrogen-bond donors (Lipinski definition) is 2. The van der Waals surface area contributed by atoms with E-state index in [1.807, 2.05) is 6.07 Å². The van der Waals surface area contributed by atoms with Gasteiger partial charge in [-0.15, -0.1) is 0 Å². The maximum absolute atomic E-state index is 13.0. The fourth-order valence-corrected chi connectivity index (χ4v) is 7.28. The van der Waals surface area contributed by atoms with E-state index in [1.165, 1.54) is 37.0 Å². The average Bonchev–Trinajstić information content (AvgIpc) is 3.27. The van der Waals surface area contributed by atoms with E-state index in [0.29, 0.717) is 23.8 Å². The Morgan fingerprint density at radius 2 is 1.85 bits per heavy atom. The Morgan fingerprint density at radius 3 is 2.65 bits per heavy atom. The summed E-state index contributed by atoms with van der Waals surface area (Å²) >= 11 is 1.51. The highest BCUT2D eigenvalue weighted by atomic mass is 32.2. The minimum Gasteiger partial charge on any atom is -0.326 e. The third kappa shape index (κ3) is 5.07. The predicted molar refractivity (Wildman–Crippen MR) is 133 cm³/mol. The van der Waals surface area contributed by atoms with Crippen LogP contribution in [0.25, 0.3) is 0 Å². The van der Waals surface area contributed by atoms with Crippen LogP contribution in [0.2, 0.25) is 0 Å². The summed E-state index contributed by atoms with van der Waals surface area (Å²) in [5.74, 6) is -0.338. The van der Waals surface area contributed by atoms with Gasteiger partial charge in [-0.1, -0.05) is 54.2 Å². The van der Waals surface area contributed by atoms with Gasteiger partial charge in [0.15, 0.2) is 5.13 Å². The van der Waals surface area contributed by atoms with Crippen LogP contribution in [0.5, 0.6) is 0 Å². The van der Waals surface area contributed by atoms with Gasteiger partial charge in [-0.25, -0.2) is 13.4 Å². The third-order valence-corrected chi connectivity index (χ3v) is 9.38. The molecule has 178 valence electrons. The van der Waals surface area contributed by atoms with Gasteiger partial charge in [0.2, 0.25) is 10.0 Å². The summed E-state index contributed by atoms with van der Waals surface area (Å²) in [5.41, 5.74) is 2.69. The van der Waals surface area contributed by atoms with Crippen molar-refractivity contribution in [1.29, 1.82) is 0 Å². The molecule has 3 aromatic rings. The van der Waals surface area contributed by atoms with Crippen molar-refractivity contribution in [3.8, 4) is 0 Å². The third-order valence-electron chi connectivity index (χ3n) is 6.47. The second kappa shape index (κ2) is 9.95. The second-order valence-corrected chi connectivity index (χ2v) is 11.9. The molecule has 9 heteroatoms. The molecule has 1 atom stereocenters. The minimum atomic E-state index is -3.59. The minimum absolute atomic E-state index is 0.167. The number of nitrogens with zero attached hydrogens (tertiary/aromatic N) is 2. The first-order valence-corrected chi connectivity index (χ1v) is 14.0. The van der Waals surface area contributed by atoms with E-state index < -0.39 is 10.0 Å². The maximum atomic E-state index is 13.0. The molecule has 1 aromatic heterocycles. The number of benzene rings is 2. The quantitative estimate of drug-likeness (QED) is 0.549. The van der Waals surface area contributed by atoms with Gasteiger partial charge >= 0.3 is 0 Å². The van der Waals surface area contributed by atoms with E-state index in [2.05, 4.69) is 34.6 Å². The van der Waals surface area contributed by atoms with Crippen molar-refractivity contribution in [2.45, 2.75) is 43.7 Å². The van der Waals surface area contributed by atoms with E-state index >= 15 is 0 Å². The van der Waals surface area contributed by atoms with Crippen LogP contribution in [0.15, 0.2) is 59.5 Å². The van der Waals surface area contributed by atoms with Crippen LogP contribution in [0.4, 0.5) is 5.13 Å². The SMILES string of the molecule is O=C(Nc1nc2c(s1)C[NH+](Cc1ccccc1)CC2)c1cccc(S(=O)(=O)N2CCCCC2)c1. The molecule has 0 radical (unpaired) electrons. The van der Waals surface area contributed by atoms with Crippen LogP contribution >= 0.6 is 11.3 Å². The van der Waals surface area contributed by atoms with Crippen molar-refractivity contribution >= 4 is 32.4 Å². The van der Waals surface area contributed by atoms with Crippen LogP contribution < -0.4 is 10.2 Å². The fraction of sp³-hybridized carbons (Fsp3) is 0.360. The Kier molecular flexibility index (Phi) is 6.78. The number of hydrogen-bond acceptors (Lipinski definition) is 5. The number of fused-ring (bicyclic) bond motifs is 1. The van der Waals surface area contributed by atoms with Crippen molar-refractivity contribution in [3.05, 3.63) is 76.3 Å². The van der Waals surface area contributed by atoms with Crippen LogP contribution in [-0.2, 0) is 29.5 Å². The van der Waals surface area contributed by atoms with Gasteiger partial charge in [0.25, 0.3) is 5.91 Å². The molecule has 2 aliphatic heterocycles. The highest BCUT2D eigenvalue weighted by molar-refractivity contribution is 7.89. The number of carbonyl (C=O) groups is 1. The molecule has 2 N–H and O–H groups in total. The summed E-state index contributed by atoms with van der Waals surface area (Å²) in [6, 6.07) is 16.8. The van der Waals surface area contributed by atoms with Crippen molar-refractivity contribution in [1.82, 2.24) is 9.29 Å². The lowest BCUT2D eigenvalue weighted by atomic mass is 10.1. The topological polar surface area (TPSA) is 83.8 Å². The molecule has 0 spiro atoms. The van der Waals surface area contributed by atoms with Crippen molar-refractivity contribution in [2.75, 3.05) is 25.0 Å². The number of rotatable bonds is 6. The largest absolute Gasteiger partial charge is 0.326 e. The zero-order chi connectivity index (χ0) is 23.5. The molecule has 5 rings (SSSR count). The van der Waals surface area contributed by atoms with Gasteiger partial charge < -0.3 is 4.90 Å². The van der Waals surface area contributed by atoms with E-state index in [4.69, 9.17) is 0 Å². The fourth-order valence-electron chi connectivity index (χ4n) is 4.64. The molecule has 7 nitrogen and oxygen atoms in total. The maximum Gasteiger partial charge on any atom is 0.257 e. The zero-order valence-corrected chi connectivity index (χ0v) is 20.6. The molecular weight excluding hydrogens is 468 g/mol. The second-order valence-electron chi connectivity index (χ2n) is 8.92. The molecule has 2 aromatic carbocycles. The van der Waals surface area contributed by atoms with E-state index in [1.54, 1.807) is 18.2 Å². The molecule has 3 heterocycles. The van der Waals surface area contributed by atoms with Crippen molar-refractivity contribution in [2.24, 2.45) is 0 Å². The lowest BCUT2D eigenvalue weighted by Gasteiger charge is -2.26. The number of anilines is 1. The van der Waals surface area contributed by atoms with E-state index in [-0.39, 0.29) is 10.8 Å². The summed E-state index contributed by atoms with van der Waals surface area (Å²) < 4.78 is 27.5. The van der Waals surface area contributed by atoms with Crippen LogP contribution in [0.1, 0.15) is 45.8 Å². The number of aromatic nitrogens is 1. The normalized spacial score (nSPS) is 18.9. The van der Waals surface area contributed by atoms with Gasteiger partial charge in [0.05, 0.1) is 22.0 Å². The zero-order valence-electron chi connectivity index (χ0n) is 19.0. The first-order chi connectivity index (χ1) is 16.5. The molecular formula is C25H29N4O3S2+. The van der Waals surface area contributed by atoms with Crippen LogP contribution in [0.3, 0.4) is 0 Å². The summed E-state index contributed by atoms with van der Waals surface area (Å²) in [4.78, 5) is 20.4. The summed E-state index contributed by atoms with van der Waals surface area (Å²) in [6.07, 6.45) is 3.68. The number of carbonyl (C=O) groups excluding carboxylic acids is 1. The van der Waals surface area contributed by atoms with Crippen LogP contribution in [0, 0.1) is 0 Å². The summed E-state index contributed by atoms with van der Waals surface area (Å²) in [6.45, 7) is 3.94. The lowest BCUT2D eigenvalue weighted by Crippen LogP contribution is -3.10. The van der Waals surface area contributed by atoms with E-state index in [0.717, 1.165) is 51.0 Å². The number of sulfonamides is 1. The number of nitrogens with one attached hydrogen (secondary N) is 2. The number of quaternary nitrogens is 1. The lowest BCUT2D eigenvalue weighted by molar-refractivity contribution is -0.929. The molecule has 1 amide bonds. The number of thiazole rings is 1. The van der Waals surface area contributed by atoms with Crippen LogP contribution in [-0.4, -0.2) is 43.2 Å². The molecule has 0 aliphatic carbocycles. The molecule has 2 aliphatic rings. The molecule has 1 saturated heterocycles. The van der Waals surface area contributed by atoms with Crippen molar-refractivity contribution in [3.63, 3.8) is 0 Å². The van der Waals surface area contributed by atoms with Gasteiger partial charge in [0, 0.05) is 30.6 Å². The number of piperidine rings is 1. The Balaban J connectivity index is 1.26. The predicted octanol–water partition coefficient (Wildman–Crippen LogP) is 2.71. The Hall–Kier alpha value is -2.59. The average molecular weight is 498 g/mol. The van der Waals surface area contributed by atoms with Gasteiger partial charge in [-0.2, -0.15) is 4.31 Å². The molecule has 1 unspecified atom stereocenters. The van der Waals surface area contributed by atoms with Crippen molar-refractivity contribution < 1.29 is 18.1 Å². The van der Waals surface area contributed by atoms with Gasteiger partial charge in [-0.05, 0) is 31.0 Å². The Bertz CT molecular complexity index is 1270. The Labute approximate surface area is 204 Å². The van der Waals surface area contributed by atoms with Gasteiger partial charge in [-0.3, -0.25) is 10.1 Å². The van der Waals surface area contributed by atoms with E-state index in [9.17, 15) is 13.2 Å². The molecule has 34 heavy (non-hydrogen) atoms. The first-order valence-electron chi connectivity index (χ1n) is 11.8. The molecule has 0 bridgehead atoms. The smallest absolute Gasteiger partial charge is 0.257 e. The summed E-state index contributed by atoms with van der Waals surface area (Å²) in [7, 11) is -3.59. The highest BCUT2D eigenvalue weighted by Gasteiger charge is 2.27. The highest BCUT2D eigenvalue weighted by Crippen LogP contribution is 2.26. The van der Waals surface area contributed by atoms with Gasteiger partial charge in [0.1, 0.15) is 13.1 Å². The Morgan fingerprint density at radius 1 is 1.06 bits per heavy atom. The summed E-state index contributed by atoms with van der Waals surface area (Å²) in [5, 5.41) is 3.46. The standard InChI is InChI=1S/C25H28N4O3S2/c30-24(20-10-7-11-21(16-20)34(31,32)29-13-5-2-6-14-29)27-25-26-22-12-15-28(18-23(22)33-25)17-19-8-3-1-4-9-19/h1,3-4,7-11,16H,2,5-6,12-15,17-18H2,(H,26,27,30)/p+1. The molecule has 1 fully saturated rings. The monoisotopic (exact) mass is 497 g/mol. The first kappa shape index (κ1) is 23.2. The number of amides is 1. The molecule has 0 saturated carbocycles.